The molecule has 0 bridgehead atoms. The molecule has 2 heterocycles. The third-order valence-electron chi connectivity index (χ3n) is 5.01. The predicted molar refractivity (Wildman–Crippen MR) is 118 cm³/mol. The normalized spacial score (nSPS) is 10.7. The lowest BCUT2D eigenvalue weighted by molar-refractivity contribution is -0.132. The van der Waals surface area contributed by atoms with E-state index >= 15 is 0 Å². The monoisotopic (exact) mass is 413 g/mol. The molecule has 0 aliphatic heterocycles. The van der Waals surface area contributed by atoms with Crippen molar-refractivity contribution in [3.8, 4) is 11.5 Å². The van der Waals surface area contributed by atoms with Crippen LogP contribution in [-0.2, 0) is 24.3 Å². The zero-order valence-electron chi connectivity index (χ0n) is 17.1. The Hall–Kier alpha value is -3.93. The summed E-state index contributed by atoms with van der Waals surface area (Å²) in [6.07, 6.45) is 2.27. The molecule has 0 spiro atoms. The lowest BCUT2D eigenvalue weighted by atomic mass is 10.1. The molecule has 0 aliphatic rings. The zero-order valence-corrected chi connectivity index (χ0v) is 17.1. The first-order valence-corrected chi connectivity index (χ1v) is 10.2. The van der Waals surface area contributed by atoms with Crippen molar-refractivity contribution in [2.75, 3.05) is 6.54 Å². The van der Waals surface area contributed by atoms with Gasteiger partial charge in [0.1, 0.15) is 12.2 Å². The van der Waals surface area contributed by atoms with E-state index in [1.807, 2.05) is 60.7 Å². The number of benzene rings is 2. The minimum atomic E-state index is -0.327. The highest BCUT2D eigenvalue weighted by atomic mass is 16.3. The van der Waals surface area contributed by atoms with E-state index in [4.69, 9.17) is 4.42 Å². The van der Waals surface area contributed by atoms with Crippen molar-refractivity contribution in [3.05, 3.63) is 113 Å². The summed E-state index contributed by atoms with van der Waals surface area (Å²) in [7, 11) is 0. The van der Waals surface area contributed by atoms with Crippen molar-refractivity contribution in [2.45, 2.75) is 19.5 Å². The summed E-state index contributed by atoms with van der Waals surface area (Å²) in [4.78, 5) is 27.3. The van der Waals surface area contributed by atoms with Gasteiger partial charge in [0.05, 0.1) is 6.26 Å². The fourth-order valence-corrected chi connectivity index (χ4v) is 3.35. The molecule has 31 heavy (non-hydrogen) atoms. The maximum atomic E-state index is 13.2. The van der Waals surface area contributed by atoms with Gasteiger partial charge in [-0.2, -0.15) is 5.10 Å². The maximum absolute atomic E-state index is 13.2. The van der Waals surface area contributed by atoms with Gasteiger partial charge in [-0.3, -0.25) is 9.59 Å². The van der Waals surface area contributed by atoms with Crippen LogP contribution in [0, 0.1) is 0 Å². The van der Waals surface area contributed by atoms with Crippen molar-refractivity contribution in [3.63, 3.8) is 0 Å². The second-order valence-corrected chi connectivity index (χ2v) is 7.23. The summed E-state index contributed by atoms with van der Waals surface area (Å²) in [5.74, 6) is 0.386. The third kappa shape index (κ3) is 5.36. The highest BCUT2D eigenvalue weighted by Crippen LogP contribution is 2.15. The molecule has 0 saturated carbocycles. The van der Waals surface area contributed by atoms with E-state index in [2.05, 4.69) is 5.10 Å². The molecule has 0 unspecified atom stereocenters. The number of aromatic nitrogens is 2. The number of furan rings is 1. The average Bonchev–Trinajstić information content (AvgIpc) is 3.34. The van der Waals surface area contributed by atoms with Crippen molar-refractivity contribution < 1.29 is 9.21 Å². The summed E-state index contributed by atoms with van der Waals surface area (Å²) in [5.41, 5.74) is 2.37. The fraction of sp³-hybridized carbons (Fsp3) is 0.160. The Bertz CT molecular complexity index is 1170. The van der Waals surface area contributed by atoms with E-state index in [-0.39, 0.29) is 18.0 Å². The first-order valence-electron chi connectivity index (χ1n) is 10.2. The molecular weight excluding hydrogens is 390 g/mol. The topological polar surface area (TPSA) is 68.3 Å². The van der Waals surface area contributed by atoms with Crippen LogP contribution in [0.2, 0.25) is 0 Å². The number of carbonyl (C=O) groups is 1. The van der Waals surface area contributed by atoms with E-state index in [9.17, 15) is 9.59 Å². The van der Waals surface area contributed by atoms with Gasteiger partial charge in [0.2, 0.25) is 5.91 Å². The standard InChI is InChI=1S/C25H23N3O3/c29-24-14-13-22(23-12-7-17-31-23)26-28(24)19-25(30)27(18-21-10-5-2-6-11-21)16-15-20-8-3-1-4-9-20/h1-14,17H,15-16,18-19H2. The Morgan fingerprint density at radius 3 is 2.26 bits per heavy atom. The molecule has 0 fully saturated rings. The minimum Gasteiger partial charge on any atom is -0.463 e. The van der Waals surface area contributed by atoms with Gasteiger partial charge in [0, 0.05) is 19.2 Å². The van der Waals surface area contributed by atoms with Crippen LogP contribution in [0.25, 0.3) is 11.5 Å². The molecule has 2 aromatic carbocycles. The van der Waals surface area contributed by atoms with Gasteiger partial charge >= 0.3 is 0 Å². The van der Waals surface area contributed by atoms with Gasteiger partial charge in [0.15, 0.2) is 5.76 Å². The number of amides is 1. The Labute approximate surface area is 180 Å². The van der Waals surface area contributed by atoms with Gasteiger partial charge in [-0.05, 0) is 35.7 Å². The molecule has 156 valence electrons. The van der Waals surface area contributed by atoms with Crippen LogP contribution in [0.4, 0.5) is 0 Å². The van der Waals surface area contributed by atoms with Gasteiger partial charge < -0.3 is 9.32 Å². The van der Waals surface area contributed by atoms with E-state index < -0.39 is 0 Å². The van der Waals surface area contributed by atoms with Crippen molar-refractivity contribution in [1.82, 2.24) is 14.7 Å². The van der Waals surface area contributed by atoms with Gasteiger partial charge in [-0.25, -0.2) is 4.68 Å². The van der Waals surface area contributed by atoms with E-state index in [1.54, 1.807) is 29.4 Å². The minimum absolute atomic E-state index is 0.130. The molecule has 6 nitrogen and oxygen atoms in total. The van der Waals surface area contributed by atoms with Gasteiger partial charge in [0.25, 0.3) is 5.56 Å². The summed E-state index contributed by atoms with van der Waals surface area (Å²) in [6.45, 7) is 0.887. The smallest absolute Gasteiger partial charge is 0.267 e. The average molecular weight is 413 g/mol. The molecular formula is C25H23N3O3. The Balaban J connectivity index is 1.53. The first-order chi connectivity index (χ1) is 15.2. The van der Waals surface area contributed by atoms with E-state index in [0.717, 1.165) is 17.5 Å². The fourth-order valence-electron chi connectivity index (χ4n) is 3.35. The molecule has 0 aliphatic carbocycles. The first kappa shape index (κ1) is 20.3. The number of nitrogens with zero attached hydrogens (tertiary/aromatic N) is 3. The van der Waals surface area contributed by atoms with Crippen LogP contribution >= 0.6 is 0 Å². The highest BCUT2D eigenvalue weighted by molar-refractivity contribution is 5.76. The zero-order chi connectivity index (χ0) is 21.5. The molecule has 6 heteroatoms. The van der Waals surface area contributed by atoms with Crippen molar-refractivity contribution >= 4 is 5.91 Å². The van der Waals surface area contributed by atoms with Crippen molar-refractivity contribution in [2.24, 2.45) is 0 Å². The van der Waals surface area contributed by atoms with Crippen LogP contribution < -0.4 is 5.56 Å². The van der Waals surface area contributed by atoms with Crippen molar-refractivity contribution in [1.29, 1.82) is 0 Å². The number of rotatable bonds is 8. The lowest BCUT2D eigenvalue weighted by Gasteiger charge is -2.23. The van der Waals surface area contributed by atoms with Crippen LogP contribution in [0.1, 0.15) is 11.1 Å². The molecule has 0 N–H and O–H groups in total. The largest absolute Gasteiger partial charge is 0.463 e. The molecule has 2 aromatic heterocycles. The van der Waals surface area contributed by atoms with Crippen LogP contribution in [0.5, 0.6) is 0 Å². The maximum Gasteiger partial charge on any atom is 0.267 e. The Kier molecular flexibility index (Phi) is 6.38. The number of carbonyl (C=O) groups excluding carboxylic acids is 1. The van der Waals surface area contributed by atoms with Gasteiger partial charge in [-0.1, -0.05) is 60.7 Å². The quantitative estimate of drug-likeness (QED) is 0.441. The SMILES string of the molecule is O=C(Cn1nc(-c2ccco2)ccc1=O)N(CCc1ccccc1)Cc1ccccc1. The molecule has 0 saturated heterocycles. The highest BCUT2D eigenvalue weighted by Gasteiger charge is 2.17. The molecule has 0 radical (unpaired) electrons. The van der Waals surface area contributed by atoms with Crippen LogP contribution in [-0.4, -0.2) is 27.1 Å². The second-order valence-electron chi connectivity index (χ2n) is 7.23. The molecule has 4 aromatic rings. The van der Waals surface area contributed by atoms with Crippen LogP contribution in [0.3, 0.4) is 0 Å². The van der Waals surface area contributed by atoms with E-state index in [0.29, 0.717) is 24.5 Å². The Morgan fingerprint density at radius 1 is 0.871 bits per heavy atom. The summed E-state index contributed by atoms with van der Waals surface area (Å²) >= 11 is 0. The third-order valence-corrected chi connectivity index (χ3v) is 5.01. The summed E-state index contributed by atoms with van der Waals surface area (Å²) < 4.78 is 6.56. The molecule has 4 rings (SSSR count). The Morgan fingerprint density at radius 2 is 1.58 bits per heavy atom. The number of hydrogen-bond donors (Lipinski definition) is 0. The second kappa shape index (κ2) is 9.71. The van der Waals surface area contributed by atoms with Gasteiger partial charge in [-0.15, -0.1) is 0 Å². The molecule has 1 amide bonds. The number of hydrogen-bond acceptors (Lipinski definition) is 4. The summed E-state index contributed by atoms with van der Waals surface area (Å²) in [6, 6.07) is 26.4. The lowest BCUT2D eigenvalue weighted by Crippen LogP contribution is -2.38. The van der Waals surface area contributed by atoms with Crippen LogP contribution in [0.15, 0.2) is 100 Å². The summed E-state index contributed by atoms with van der Waals surface area (Å²) in [5, 5.41) is 4.33. The molecule has 0 atom stereocenters. The predicted octanol–water partition coefficient (Wildman–Crippen LogP) is 3.77. The van der Waals surface area contributed by atoms with E-state index in [1.165, 1.54) is 10.7 Å².